The molecular weight excluding hydrogens is 437 g/mol. The van der Waals surface area contributed by atoms with Gasteiger partial charge in [0.25, 0.3) is 0 Å². The van der Waals surface area contributed by atoms with Crippen molar-refractivity contribution in [3.63, 3.8) is 0 Å². The highest BCUT2D eigenvalue weighted by Crippen LogP contribution is 2.55. The van der Waals surface area contributed by atoms with E-state index in [-0.39, 0.29) is 52.6 Å². The molecule has 3 aromatic rings. The van der Waals surface area contributed by atoms with Crippen LogP contribution in [0.3, 0.4) is 0 Å². The van der Waals surface area contributed by atoms with Crippen LogP contribution in [0.25, 0.3) is 0 Å². The number of benzene rings is 2. The minimum absolute atomic E-state index is 0.0419. The molecule has 0 radical (unpaired) electrons. The second-order valence-electron chi connectivity index (χ2n) is 7.60. The van der Waals surface area contributed by atoms with Crippen LogP contribution in [-0.2, 0) is 0 Å². The number of amides is 2. The van der Waals surface area contributed by atoms with Crippen molar-refractivity contribution in [2.45, 2.75) is 12.0 Å². The minimum atomic E-state index is -0.700. The zero-order chi connectivity index (χ0) is 23.1. The molecule has 2 N–H and O–H groups in total. The van der Waals surface area contributed by atoms with E-state index < -0.39 is 29.5 Å². The van der Waals surface area contributed by atoms with Gasteiger partial charge >= 0.3 is 6.03 Å². The van der Waals surface area contributed by atoms with Gasteiger partial charge in [0.15, 0.2) is 11.6 Å². The highest BCUT2D eigenvalue weighted by Gasteiger charge is 2.57. The molecule has 3 unspecified atom stereocenters. The number of carbonyl (C=O) groups is 1. The van der Waals surface area contributed by atoms with Gasteiger partial charge in [0.05, 0.1) is 12.8 Å². The lowest BCUT2D eigenvalue weighted by Gasteiger charge is -2.16. The van der Waals surface area contributed by atoms with Crippen LogP contribution in [-0.4, -0.2) is 23.7 Å². The van der Waals surface area contributed by atoms with Crippen molar-refractivity contribution in [1.29, 1.82) is 5.26 Å². The van der Waals surface area contributed by atoms with Crippen LogP contribution in [0.4, 0.5) is 23.8 Å². The Bertz CT molecular complexity index is 1290. The van der Waals surface area contributed by atoms with Gasteiger partial charge in [0.1, 0.15) is 40.6 Å². The third-order valence-corrected chi connectivity index (χ3v) is 5.61. The number of hydrogen-bond donors (Lipinski definition) is 2. The van der Waals surface area contributed by atoms with Crippen LogP contribution < -0.4 is 20.1 Å². The molecule has 166 valence electrons. The Balaban J connectivity index is 1.22. The van der Waals surface area contributed by atoms with E-state index in [4.69, 9.17) is 14.7 Å². The summed E-state index contributed by atoms with van der Waals surface area (Å²) in [6.45, 7) is 0.179. The van der Waals surface area contributed by atoms with Gasteiger partial charge in [0.2, 0.25) is 0 Å². The molecule has 0 bridgehead atoms. The molecule has 0 spiro atoms. The largest absolute Gasteiger partial charge is 0.490 e. The smallest absolute Gasteiger partial charge is 0.320 e. The van der Waals surface area contributed by atoms with E-state index in [2.05, 4.69) is 15.6 Å². The topological polar surface area (TPSA) is 96.3 Å². The summed E-state index contributed by atoms with van der Waals surface area (Å²) in [7, 11) is 0. The maximum Gasteiger partial charge on any atom is 0.320 e. The van der Waals surface area contributed by atoms with Gasteiger partial charge in [-0.1, -0.05) is 6.07 Å². The number of nitriles is 1. The van der Waals surface area contributed by atoms with Crippen molar-refractivity contribution < 1.29 is 27.4 Å². The quantitative estimate of drug-likeness (QED) is 0.610. The van der Waals surface area contributed by atoms with Gasteiger partial charge in [-0.25, -0.2) is 22.9 Å². The van der Waals surface area contributed by atoms with E-state index in [0.717, 1.165) is 18.2 Å². The molecule has 1 fully saturated rings. The number of anilines is 1. The van der Waals surface area contributed by atoms with Gasteiger partial charge < -0.3 is 14.8 Å². The van der Waals surface area contributed by atoms with Crippen LogP contribution in [0.1, 0.15) is 17.0 Å². The summed E-state index contributed by atoms with van der Waals surface area (Å²) in [5.41, 5.74) is -0.0860. The molecule has 1 saturated carbocycles. The number of nitrogens with one attached hydrogen (secondary N) is 2. The van der Waals surface area contributed by atoms with E-state index in [1.54, 1.807) is 6.07 Å². The van der Waals surface area contributed by atoms with Gasteiger partial charge in [0, 0.05) is 23.4 Å². The summed E-state index contributed by atoms with van der Waals surface area (Å²) in [4.78, 5) is 16.5. The third kappa shape index (κ3) is 3.78. The summed E-state index contributed by atoms with van der Waals surface area (Å²) in [6, 6.07) is 9.82. The Hall–Kier alpha value is -4.26. The Labute approximate surface area is 185 Å². The maximum atomic E-state index is 14.2. The standard InChI is InChI=1S/C23H15F3N4O3/c24-14-2-1-3-17(12(14)8-27)33-11-4-7-18(28-9-11)29-23(31)30-21-13-10-32-22-16(26)6-5-15(25)20(22)19(13)21/h1-7,9,13,19,21H,10H2,(H2,28,29,30,31). The van der Waals surface area contributed by atoms with Crippen LogP contribution in [0.15, 0.2) is 48.7 Å². The van der Waals surface area contributed by atoms with E-state index >= 15 is 0 Å². The van der Waals surface area contributed by atoms with Crippen molar-refractivity contribution in [3.8, 4) is 23.3 Å². The molecule has 2 aliphatic rings. The second-order valence-corrected chi connectivity index (χ2v) is 7.60. The fraction of sp³-hybridized carbons (Fsp3) is 0.174. The zero-order valence-corrected chi connectivity index (χ0v) is 16.8. The predicted molar refractivity (Wildman–Crippen MR) is 109 cm³/mol. The van der Waals surface area contributed by atoms with E-state index in [0.29, 0.717) is 0 Å². The average Bonchev–Trinajstić information content (AvgIpc) is 3.50. The van der Waals surface area contributed by atoms with Gasteiger partial charge in [-0.2, -0.15) is 5.26 Å². The van der Waals surface area contributed by atoms with Crippen molar-refractivity contribution in [2.75, 3.05) is 11.9 Å². The van der Waals surface area contributed by atoms with Crippen molar-refractivity contribution >= 4 is 11.8 Å². The predicted octanol–water partition coefficient (Wildman–Crippen LogP) is 4.46. The van der Waals surface area contributed by atoms with Crippen LogP contribution >= 0.6 is 0 Å². The van der Waals surface area contributed by atoms with E-state index in [1.807, 2.05) is 0 Å². The second kappa shape index (κ2) is 8.02. The molecule has 0 saturated heterocycles. The molecule has 3 atom stereocenters. The molecule has 1 aliphatic carbocycles. The number of pyridine rings is 1. The molecule has 10 heteroatoms. The van der Waals surface area contributed by atoms with Crippen molar-refractivity contribution in [2.24, 2.45) is 5.92 Å². The molecule has 2 amide bonds. The first kappa shape index (κ1) is 20.6. The highest BCUT2D eigenvalue weighted by atomic mass is 19.1. The lowest BCUT2D eigenvalue weighted by molar-refractivity contribution is 0.247. The summed E-state index contributed by atoms with van der Waals surface area (Å²) >= 11 is 0. The summed E-state index contributed by atoms with van der Waals surface area (Å²) < 4.78 is 52.7. The highest BCUT2D eigenvalue weighted by molar-refractivity contribution is 5.89. The molecular formula is C23H15F3N4O3. The first-order chi connectivity index (χ1) is 16.0. The summed E-state index contributed by atoms with van der Waals surface area (Å²) in [6.07, 6.45) is 1.31. The number of hydrogen-bond acceptors (Lipinski definition) is 5. The third-order valence-electron chi connectivity index (χ3n) is 5.61. The summed E-state index contributed by atoms with van der Waals surface area (Å²) in [5, 5.41) is 14.4. The fourth-order valence-electron chi connectivity index (χ4n) is 4.00. The Kier molecular flexibility index (Phi) is 5.01. The Morgan fingerprint density at radius 1 is 1.12 bits per heavy atom. The first-order valence-electron chi connectivity index (χ1n) is 9.97. The number of rotatable bonds is 4. The van der Waals surface area contributed by atoms with E-state index in [9.17, 15) is 18.0 Å². The SMILES string of the molecule is N#Cc1c(F)cccc1Oc1ccc(NC(=O)NC2C3COc4c(F)ccc(F)c4C32)nc1. The normalized spacial score (nSPS) is 19.9. The van der Waals surface area contributed by atoms with Crippen molar-refractivity contribution in [3.05, 3.63) is 77.2 Å². The van der Waals surface area contributed by atoms with Crippen molar-refractivity contribution in [1.82, 2.24) is 10.3 Å². The van der Waals surface area contributed by atoms with Crippen LogP contribution in [0.2, 0.25) is 0 Å². The average molecular weight is 452 g/mol. The molecule has 33 heavy (non-hydrogen) atoms. The molecule has 5 rings (SSSR count). The minimum Gasteiger partial charge on any atom is -0.490 e. The van der Waals surface area contributed by atoms with Crippen LogP contribution in [0, 0.1) is 34.7 Å². The monoisotopic (exact) mass is 452 g/mol. The number of fused-ring (bicyclic) bond motifs is 3. The number of halogens is 3. The molecule has 7 nitrogen and oxygen atoms in total. The number of nitrogens with zero attached hydrogens (tertiary/aromatic N) is 2. The Morgan fingerprint density at radius 3 is 2.70 bits per heavy atom. The molecule has 1 aromatic heterocycles. The van der Waals surface area contributed by atoms with Crippen LogP contribution in [0.5, 0.6) is 17.2 Å². The zero-order valence-electron chi connectivity index (χ0n) is 16.8. The number of aromatic nitrogens is 1. The van der Waals surface area contributed by atoms with Gasteiger partial charge in [-0.3, -0.25) is 5.32 Å². The lowest BCUT2D eigenvalue weighted by atomic mass is 10.0. The molecule has 1 aliphatic heterocycles. The molecule has 2 heterocycles. The van der Waals surface area contributed by atoms with E-state index in [1.165, 1.54) is 30.5 Å². The molecule has 2 aromatic carbocycles. The number of carbonyl (C=O) groups excluding carboxylic acids is 1. The fourth-order valence-corrected chi connectivity index (χ4v) is 4.00. The lowest BCUT2D eigenvalue weighted by Crippen LogP contribution is -2.32. The number of urea groups is 1. The summed E-state index contributed by atoms with van der Waals surface area (Å²) in [5.74, 6) is -2.03. The van der Waals surface area contributed by atoms with Gasteiger partial charge in [-0.05, 0) is 36.4 Å². The maximum absolute atomic E-state index is 14.2. The Morgan fingerprint density at radius 2 is 1.94 bits per heavy atom. The van der Waals surface area contributed by atoms with Gasteiger partial charge in [-0.15, -0.1) is 0 Å². The first-order valence-corrected chi connectivity index (χ1v) is 9.97. The number of ether oxygens (including phenoxy) is 2.